The van der Waals surface area contributed by atoms with Gasteiger partial charge >= 0.3 is 0 Å². The standard InChI is InChI=1S/C15H18IN3S/c1-17-15-13(16)14(10-5-2-3-6-10)18-12(19-15)9-11-7-4-8-20-11/h4,7-8,10H,2-3,5-6,9H2,1H3,(H,17,18,19). The number of anilines is 1. The zero-order valence-corrected chi connectivity index (χ0v) is 14.5. The Morgan fingerprint density at radius 2 is 2.15 bits per heavy atom. The summed E-state index contributed by atoms with van der Waals surface area (Å²) in [5.74, 6) is 2.55. The molecule has 2 heterocycles. The summed E-state index contributed by atoms with van der Waals surface area (Å²) in [6, 6.07) is 4.24. The van der Waals surface area contributed by atoms with E-state index in [9.17, 15) is 0 Å². The van der Waals surface area contributed by atoms with E-state index in [1.807, 2.05) is 7.05 Å². The molecular formula is C15H18IN3S. The summed E-state index contributed by atoms with van der Waals surface area (Å²) in [7, 11) is 1.94. The average Bonchev–Trinajstić information content (AvgIpc) is 3.13. The highest BCUT2D eigenvalue weighted by molar-refractivity contribution is 14.1. The van der Waals surface area contributed by atoms with Crippen LogP contribution >= 0.6 is 33.9 Å². The highest BCUT2D eigenvalue weighted by Crippen LogP contribution is 2.37. The minimum Gasteiger partial charge on any atom is -0.372 e. The van der Waals surface area contributed by atoms with Crippen LogP contribution in [0.15, 0.2) is 17.5 Å². The number of nitrogens with zero attached hydrogens (tertiary/aromatic N) is 2. The van der Waals surface area contributed by atoms with Gasteiger partial charge in [0.25, 0.3) is 0 Å². The molecule has 0 amide bonds. The van der Waals surface area contributed by atoms with Gasteiger partial charge in [-0.25, -0.2) is 9.97 Å². The van der Waals surface area contributed by atoms with E-state index >= 15 is 0 Å². The van der Waals surface area contributed by atoms with Crippen molar-refractivity contribution in [3.63, 3.8) is 0 Å². The Balaban J connectivity index is 1.95. The maximum Gasteiger partial charge on any atom is 0.143 e. The quantitative estimate of drug-likeness (QED) is 0.773. The fourth-order valence-electron chi connectivity index (χ4n) is 2.80. The van der Waals surface area contributed by atoms with Gasteiger partial charge in [-0.1, -0.05) is 18.9 Å². The first-order valence-electron chi connectivity index (χ1n) is 7.04. The zero-order chi connectivity index (χ0) is 13.9. The number of rotatable bonds is 4. The van der Waals surface area contributed by atoms with Gasteiger partial charge in [-0.05, 0) is 46.9 Å². The molecule has 20 heavy (non-hydrogen) atoms. The largest absolute Gasteiger partial charge is 0.372 e. The molecule has 1 saturated carbocycles. The fraction of sp³-hybridized carbons (Fsp3) is 0.467. The number of nitrogens with one attached hydrogen (secondary N) is 1. The molecule has 106 valence electrons. The minimum absolute atomic E-state index is 0.624. The molecule has 1 aliphatic carbocycles. The first-order chi connectivity index (χ1) is 9.78. The lowest BCUT2D eigenvalue weighted by Crippen LogP contribution is -2.10. The lowest BCUT2D eigenvalue weighted by Gasteiger charge is -2.15. The van der Waals surface area contributed by atoms with Gasteiger partial charge in [0, 0.05) is 24.3 Å². The fourth-order valence-corrected chi connectivity index (χ4v) is 4.45. The Kier molecular flexibility index (Phi) is 4.55. The van der Waals surface area contributed by atoms with Crippen molar-refractivity contribution < 1.29 is 0 Å². The maximum atomic E-state index is 4.89. The van der Waals surface area contributed by atoms with E-state index in [0.29, 0.717) is 5.92 Å². The summed E-state index contributed by atoms with van der Waals surface area (Å²) in [4.78, 5) is 10.9. The Morgan fingerprint density at radius 3 is 2.80 bits per heavy atom. The molecule has 3 nitrogen and oxygen atoms in total. The number of thiophene rings is 1. The van der Waals surface area contributed by atoms with Crippen molar-refractivity contribution in [3.05, 3.63) is 37.5 Å². The third-order valence-electron chi connectivity index (χ3n) is 3.81. The molecule has 0 unspecified atom stereocenters. The number of hydrogen-bond acceptors (Lipinski definition) is 4. The van der Waals surface area contributed by atoms with E-state index in [1.54, 1.807) is 11.3 Å². The summed E-state index contributed by atoms with van der Waals surface area (Å²) >= 11 is 4.16. The molecule has 0 saturated heterocycles. The molecule has 1 N–H and O–H groups in total. The molecule has 5 heteroatoms. The van der Waals surface area contributed by atoms with Crippen molar-refractivity contribution in [1.82, 2.24) is 9.97 Å². The number of aromatic nitrogens is 2. The van der Waals surface area contributed by atoms with Gasteiger partial charge in [0.05, 0.1) is 9.26 Å². The summed E-state index contributed by atoms with van der Waals surface area (Å²) in [6.45, 7) is 0. The van der Waals surface area contributed by atoms with Gasteiger partial charge in [-0.15, -0.1) is 11.3 Å². The van der Waals surface area contributed by atoms with Crippen LogP contribution in [0.2, 0.25) is 0 Å². The minimum atomic E-state index is 0.624. The second kappa shape index (κ2) is 6.39. The third-order valence-corrected chi connectivity index (χ3v) is 5.75. The second-order valence-electron chi connectivity index (χ2n) is 5.18. The summed E-state index contributed by atoms with van der Waals surface area (Å²) in [5, 5.41) is 5.33. The molecule has 1 fully saturated rings. The van der Waals surface area contributed by atoms with Crippen LogP contribution in [0.1, 0.15) is 48.0 Å². The van der Waals surface area contributed by atoms with E-state index in [1.165, 1.54) is 39.8 Å². The number of hydrogen-bond donors (Lipinski definition) is 1. The molecule has 2 aromatic heterocycles. The van der Waals surface area contributed by atoms with Gasteiger partial charge in [0.2, 0.25) is 0 Å². The van der Waals surface area contributed by atoms with Crippen molar-refractivity contribution in [1.29, 1.82) is 0 Å². The lowest BCUT2D eigenvalue weighted by molar-refractivity contribution is 0.681. The van der Waals surface area contributed by atoms with Crippen LogP contribution in [0.5, 0.6) is 0 Å². The summed E-state index contributed by atoms with van der Waals surface area (Å²) in [6.07, 6.45) is 6.05. The molecule has 0 bridgehead atoms. The highest BCUT2D eigenvalue weighted by Gasteiger charge is 2.23. The van der Waals surface area contributed by atoms with Crippen LogP contribution in [-0.4, -0.2) is 17.0 Å². The molecule has 0 aliphatic heterocycles. The van der Waals surface area contributed by atoms with Crippen LogP contribution in [-0.2, 0) is 6.42 Å². The first-order valence-corrected chi connectivity index (χ1v) is 9.00. The van der Waals surface area contributed by atoms with Gasteiger partial charge < -0.3 is 5.32 Å². The SMILES string of the molecule is CNc1nc(Cc2cccs2)nc(C2CCCC2)c1I. The molecule has 0 aromatic carbocycles. The maximum absolute atomic E-state index is 4.89. The highest BCUT2D eigenvalue weighted by atomic mass is 127. The molecule has 3 rings (SSSR count). The summed E-state index contributed by atoms with van der Waals surface area (Å²) in [5.41, 5.74) is 1.26. The van der Waals surface area contributed by atoms with E-state index in [-0.39, 0.29) is 0 Å². The molecule has 0 radical (unpaired) electrons. The topological polar surface area (TPSA) is 37.8 Å². The molecule has 1 aliphatic rings. The normalized spacial score (nSPS) is 15.7. The van der Waals surface area contributed by atoms with Gasteiger partial charge in [0.1, 0.15) is 11.6 Å². The van der Waals surface area contributed by atoms with Crippen molar-refractivity contribution >= 4 is 39.7 Å². The molecule has 2 aromatic rings. The first kappa shape index (κ1) is 14.3. The molecular weight excluding hydrogens is 381 g/mol. The van der Waals surface area contributed by atoms with E-state index in [4.69, 9.17) is 4.98 Å². The van der Waals surface area contributed by atoms with Gasteiger partial charge in [0.15, 0.2) is 0 Å². The van der Waals surface area contributed by atoms with Crippen molar-refractivity contribution in [2.75, 3.05) is 12.4 Å². The van der Waals surface area contributed by atoms with Crippen molar-refractivity contribution in [2.24, 2.45) is 0 Å². The van der Waals surface area contributed by atoms with Gasteiger partial charge in [-0.2, -0.15) is 0 Å². The number of halogens is 1. The van der Waals surface area contributed by atoms with E-state index in [0.717, 1.165) is 18.1 Å². The predicted octanol–water partition coefficient (Wildman–Crippen LogP) is 4.43. The monoisotopic (exact) mass is 399 g/mol. The lowest BCUT2D eigenvalue weighted by atomic mass is 10.0. The summed E-state index contributed by atoms with van der Waals surface area (Å²) < 4.78 is 1.20. The van der Waals surface area contributed by atoms with E-state index in [2.05, 4.69) is 50.4 Å². The smallest absolute Gasteiger partial charge is 0.143 e. The average molecular weight is 399 g/mol. The van der Waals surface area contributed by atoms with Crippen molar-refractivity contribution in [2.45, 2.75) is 38.0 Å². The van der Waals surface area contributed by atoms with Crippen LogP contribution in [0.25, 0.3) is 0 Å². The molecule has 0 spiro atoms. The Hall–Kier alpha value is -0.690. The zero-order valence-electron chi connectivity index (χ0n) is 11.5. The Labute approximate surface area is 137 Å². The van der Waals surface area contributed by atoms with Crippen molar-refractivity contribution in [3.8, 4) is 0 Å². The Bertz CT molecular complexity index is 577. The van der Waals surface area contributed by atoms with Crippen LogP contribution < -0.4 is 5.32 Å². The second-order valence-corrected chi connectivity index (χ2v) is 7.29. The Morgan fingerprint density at radius 1 is 1.35 bits per heavy atom. The third kappa shape index (κ3) is 2.98. The van der Waals surface area contributed by atoms with E-state index < -0.39 is 0 Å². The van der Waals surface area contributed by atoms with Crippen LogP contribution in [0, 0.1) is 3.57 Å². The van der Waals surface area contributed by atoms with Crippen LogP contribution in [0.4, 0.5) is 5.82 Å². The van der Waals surface area contributed by atoms with Gasteiger partial charge in [-0.3, -0.25) is 0 Å². The molecule has 0 atom stereocenters. The van der Waals surface area contributed by atoms with Crippen LogP contribution in [0.3, 0.4) is 0 Å². The predicted molar refractivity (Wildman–Crippen MR) is 92.6 cm³/mol.